The molecule has 0 aliphatic carbocycles. The third kappa shape index (κ3) is 4.60. The van der Waals surface area contributed by atoms with Gasteiger partial charge in [0.1, 0.15) is 0 Å². The second kappa shape index (κ2) is 7.52. The molecule has 2 heteroatoms. The Balaban J connectivity index is 2.51. The molecule has 1 rings (SSSR count). The first kappa shape index (κ1) is 14.3. The fourth-order valence-electron chi connectivity index (χ4n) is 3.03. The Bertz CT molecular complexity index is 209. The molecule has 1 nitrogen and oxygen atoms in total. The molecule has 0 spiro atoms. The van der Waals surface area contributed by atoms with Gasteiger partial charge in [0.15, 0.2) is 0 Å². The average Bonchev–Trinajstić information content (AvgIpc) is 2.35. The fourth-order valence-corrected chi connectivity index (χ4v) is 11.8. The second-order valence-corrected chi connectivity index (χ2v) is 16.9. The van der Waals surface area contributed by atoms with Crippen molar-refractivity contribution in [1.29, 1.82) is 0 Å². The van der Waals surface area contributed by atoms with Gasteiger partial charge in [0.05, 0.1) is 0 Å². The van der Waals surface area contributed by atoms with E-state index in [1.54, 1.807) is 5.25 Å². The number of rotatable bonds is 2. The molecule has 1 saturated heterocycles. The van der Waals surface area contributed by atoms with Crippen LogP contribution < -0.4 is 0 Å². The van der Waals surface area contributed by atoms with Crippen LogP contribution in [0.1, 0.15) is 58.8 Å². The van der Waals surface area contributed by atoms with Crippen LogP contribution in [0.2, 0.25) is 21.0 Å². The van der Waals surface area contributed by atoms with Gasteiger partial charge in [-0.05, 0) is 0 Å². The molecular formula is C14H28GeO. The van der Waals surface area contributed by atoms with Gasteiger partial charge in [0.2, 0.25) is 0 Å². The summed E-state index contributed by atoms with van der Waals surface area (Å²) in [6, 6.07) is 0. The monoisotopic (exact) mass is 286 g/mol. The van der Waals surface area contributed by atoms with Gasteiger partial charge >= 0.3 is 104 Å². The molecule has 0 saturated carbocycles. The molecule has 94 valence electrons. The molecule has 0 atom stereocenters. The quantitative estimate of drug-likeness (QED) is 0.667. The Morgan fingerprint density at radius 2 is 1.38 bits per heavy atom. The van der Waals surface area contributed by atoms with Crippen molar-refractivity contribution in [2.24, 2.45) is 0 Å². The molecule has 1 heterocycles. The first-order valence-electron chi connectivity index (χ1n) is 7.24. The number of carbonyl (C=O) groups is 1. The van der Waals surface area contributed by atoms with Crippen molar-refractivity contribution in [2.75, 3.05) is 0 Å². The van der Waals surface area contributed by atoms with Gasteiger partial charge in [-0.1, -0.05) is 0 Å². The molecule has 1 aliphatic rings. The van der Waals surface area contributed by atoms with Gasteiger partial charge in [-0.2, -0.15) is 0 Å². The summed E-state index contributed by atoms with van der Waals surface area (Å²) in [7, 11) is 0. The Labute approximate surface area is 104 Å². The minimum atomic E-state index is -1.45. The standard InChI is InChI=1S/C14H28GeO/c1-3-15(4-2)12-8-5-6-10-14(16)11-7-9-13-15/h3-13H2,1-2H3. The summed E-state index contributed by atoms with van der Waals surface area (Å²) < 4.78 is 0. The molecule has 0 N–H and O–H groups in total. The van der Waals surface area contributed by atoms with Gasteiger partial charge in [-0.3, -0.25) is 0 Å². The van der Waals surface area contributed by atoms with E-state index in [4.69, 9.17) is 0 Å². The summed E-state index contributed by atoms with van der Waals surface area (Å²) in [5.41, 5.74) is 0. The zero-order chi connectivity index (χ0) is 11.9. The first-order chi connectivity index (χ1) is 7.72. The van der Waals surface area contributed by atoms with E-state index in [9.17, 15) is 4.79 Å². The van der Waals surface area contributed by atoms with Crippen LogP contribution in [-0.4, -0.2) is 19.0 Å². The fraction of sp³-hybridized carbons (Fsp3) is 0.929. The molecule has 1 aliphatic heterocycles. The summed E-state index contributed by atoms with van der Waals surface area (Å²) in [4.78, 5) is 11.5. The van der Waals surface area contributed by atoms with Gasteiger partial charge in [0, 0.05) is 0 Å². The molecule has 0 amide bonds. The van der Waals surface area contributed by atoms with Crippen LogP contribution >= 0.6 is 0 Å². The molecule has 0 radical (unpaired) electrons. The van der Waals surface area contributed by atoms with E-state index in [1.807, 2.05) is 0 Å². The third-order valence-electron chi connectivity index (χ3n) is 4.58. The normalized spacial score (nSPS) is 23.8. The summed E-state index contributed by atoms with van der Waals surface area (Å²) in [5, 5.41) is 6.11. The van der Waals surface area contributed by atoms with Crippen LogP contribution in [0, 0.1) is 0 Å². The van der Waals surface area contributed by atoms with Gasteiger partial charge in [-0.25, -0.2) is 0 Å². The molecule has 0 unspecified atom stereocenters. The van der Waals surface area contributed by atoms with Crippen LogP contribution in [0.5, 0.6) is 0 Å². The number of ketones is 1. The zero-order valence-electron chi connectivity index (χ0n) is 11.2. The second-order valence-electron chi connectivity index (χ2n) is 5.51. The predicted molar refractivity (Wildman–Crippen MR) is 73.7 cm³/mol. The van der Waals surface area contributed by atoms with Crippen molar-refractivity contribution in [1.82, 2.24) is 0 Å². The van der Waals surface area contributed by atoms with Crippen LogP contribution in [-0.2, 0) is 4.79 Å². The molecule has 1 fully saturated rings. The van der Waals surface area contributed by atoms with E-state index in [2.05, 4.69) is 13.8 Å². The van der Waals surface area contributed by atoms with E-state index >= 15 is 0 Å². The van der Waals surface area contributed by atoms with Gasteiger partial charge < -0.3 is 0 Å². The van der Waals surface area contributed by atoms with Gasteiger partial charge in [0.25, 0.3) is 0 Å². The first-order valence-corrected chi connectivity index (χ1v) is 13.2. The number of hydrogen-bond donors (Lipinski definition) is 0. The van der Waals surface area contributed by atoms with Crippen LogP contribution in [0.3, 0.4) is 0 Å². The van der Waals surface area contributed by atoms with E-state index < -0.39 is 13.3 Å². The summed E-state index contributed by atoms with van der Waals surface area (Å²) in [6.45, 7) is 4.85. The SMILES string of the molecule is C[CH2][Ge]1([CH2]C)[CH2]CCCCC(=O)CCC[CH2]1. The molecule has 0 aromatic rings. The third-order valence-corrected chi connectivity index (χ3v) is 16.8. The number of hydrogen-bond acceptors (Lipinski definition) is 1. The Kier molecular flexibility index (Phi) is 6.71. The van der Waals surface area contributed by atoms with Crippen molar-refractivity contribution < 1.29 is 4.79 Å². The predicted octanol–water partition coefficient (Wildman–Crippen LogP) is 4.79. The minimum absolute atomic E-state index is 0.521. The van der Waals surface area contributed by atoms with Gasteiger partial charge in [-0.15, -0.1) is 0 Å². The van der Waals surface area contributed by atoms with Crippen LogP contribution in [0.25, 0.3) is 0 Å². The van der Waals surface area contributed by atoms with Crippen molar-refractivity contribution in [3.63, 3.8) is 0 Å². The molecule has 0 aromatic carbocycles. The maximum absolute atomic E-state index is 11.5. The average molecular weight is 285 g/mol. The maximum atomic E-state index is 11.5. The molecule has 0 bridgehead atoms. The summed E-state index contributed by atoms with van der Waals surface area (Å²) in [6.07, 6.45) is 8.11. The van der Waals surface area contributed by atoms with Crippen molar-refractivity contribution in [3.05, 3.63) is 0 Å². The van der Waals surface area contributed by atoms with E-state index in [-0.39, 0.29) is 0 Å². The number of Topliss-reactive ketones (excluding diaryl/α,β-unsaturated/α-hetero) is 1. The van der Waals surface area contributed by atoms with Crippen LogP contribution in [0.15, 0.2) is 0 Å². The summed E-state index contributed by atoms with van der Waals surface area (Å²) >= 11 is -1.45. The van der Waals surface area contributed by atoms with E-state index in [1.165, 1.54) is 41.4 Å². The zero-order valence-corrected chi connectivity index (χ0v) is 13.3. The van der Waals surface area contributed by atoms with Crippen molar-refractivity contribution in [2.45, 2.75) is 79.8 Å². The topological polar surface area (TPSA) is 17.1 Å². The van der Waals surface area contributed by atoms with E-state index in [0.29, 0.717) is 5.78 Å². The van der Waals surface area contributed by atoms with Crippen molar-refractivity contribution in [3.8, 4) is 0 Å². The summed E-state index contributed by atoms with van der Waals surface area (Å²) in [5.74, 6) is 0.521. The Morgan fingerprint density at radius 1 is 0.875 bits per heavy atom. The molecule has 0 aromatic heterocycles. The molecular weight excluding hydrogens is 257 g/mol. The van der Waals surface area contributed by atoms with Crippen LogP contribution in [0.4, 0.5) is 0 Å². The van der Waals surface area contributed by atoms with E-state index in [0.717, 1.165) is 19.3 Å². The Hall–Kier alpha value is 0.213. The Morgan fingerprint density at radius 3 is 1.94 bits per heavy atom. The number of carbonyl (C=O) groups excluding carboxylic acids is 1. The molecule has 16 heavy (non-hydrogen) atoms. The van der Waals surface area contributed by atoms with Crippen molar-refractivity contribution >= 4 is 19.0 Å².